The van der Waals surface area contributed by atoms with Gasteiger partial charge in [-0.3, -0.25) is 9.59 Å². The number of rotatable bonds is 13. The standard InChI is InChI=1S/C36H44N2O7/c1-25-30(21-20-28-14-8-5-9-15-28)29(17-10-16-27-12-6-4-7-13-27)18-11-19-31(36(41)45-25)38-35(40)33-34(44-24-43-26(2)39)32(42-3)22-23-37-33/h4-9,12-15,22-23,25,29-31H,10-11,16-21,24H2,1-3H3,(H,38,40). The number of benzene rings is 2. The van der Waals surface area contributed by atoms with E-state index in [0.717, 1.165) is 44.9 Å². The fraction of sp³-hybridized carbons (Fsp3) is 0.444. The summed E-state index contributed by atoms with van der Waals surface area (Å²) in [5.41, 5.74) is 2.51. The van der Waals surface area contributed by atoms with Crippen molar-refractivity contribution in [1.29, 1.82) is 0 Å². The molecule has 9 heteroatoms. The topological polar surface area (TPSA) is 113 Å². The number of aryl methyl sites for hydroxylation is 2. The predicted molar refractivity (Wildman–Crippen MR) is 170 cm³/mol. The number of methoxy groups -OCH3 is 1. The van der Waals surface area contributed by atoms with Crippen molar-refractivity contribution in [2.24, 2.45) is 11.8 Å². The van der Waals surface area contributed by atoms with Crippen LogP contribution in [0.4, 0.5) is 0 Å². The highest BCUT2D eigenvalue weighted by molar-refractivity contribution is 5.98. The number of nitrogens with zero attached hydrogens (tertiary/aromatic N) is 1. The van der Waals surface area contributed by atoms with Crippen LogP contribution >= 0.6 is 0 Å². The Kier molecular flexibility index (Phi) is 12.8. The first kappa shape index (κ1) is 33.5. The average Bonchev–Trinajstić information content (AvgIpc) is 3.09. The van der Waals surface area contributed by atoms with Crippen molar-refractivity contribution < 1.29 is 33.3 Å². The molecule has 9 nitrogen and oxygen atoms in total. The first-order valence-electron chi connectivity index (χ1n) is 15.7. The Morgan fingerprint density at radius 3 is 2.31 bits per heavy atom. The van der Waals surface area contributed by atoms with Crippen LogP contribution in [0.15, 0.2) is 72.9 Å². The van der Waals surface area contributed by atoms with E-state index in [2.05, 4.69) is 58.8 Å². The van der Waals surface area contributed by atoms with Crippen LogP contribution in [0.2, 0.25) is 0 Å². The number of cyclic esters (lactones) is 1. The third kappa shape index (κ3) is 10.1. The van der Waals surface area contributed by atoms with Crippen LogP contribution in [0.5, 0.6) is 11.5 Å². The number of amides is 1. The number of ether oxygens (including phenoxy) is 4. The second kappa shape index (κ2) is 17.2. The number of hydrogen-bond donors (Lipinski definition) is 1. The summed E-state index contributed by atoms with van der Waals surface area (Å²) in [6, 6.07) is 21.6. The zero-order chi connectivity index (χ0) is 32.0. The predicted octanol–water partition coefficient (Wildman–Crippen LogP) is 6.09. The summed E-state index contributed by atoms with van der Waals surface area (Å²) in [7, 11) is 1.43. The highest BCUT2D eigenvalue weighted by Gasteiger charge is 2.34. The van der Waals surface area contributed by atoms with E-state index in [9.17, 15) is 14.4 Å². The number of hydrogen-bond acceptors (Lipinski definition) is 8. The van der Waals surface area contributed by atoms with Crippen molar-refractivity contribution in [1.82, 2.24) is 10.3 Å². The van der Waals surface area contributed by atoms with Crippen LogP contribution in [-0.2, 0) is 31.9 Å². The molecule has 4 atom stereocenters. The molecule has 0 radical (unpaired) electrons. The minimum absolute atomic E-state index is 0.0167. The lowest BCUT2D eigenvalue weighted by Crippen LogP contribution is -2.43. The molecule has 1 aromatic heterocycles. The summed E-state index contributed by atoms with van der Waals surface area (Å²) in [5, 5.41) is 2.82. The van der Waals surface area contributed by atoms with E-state index >= 15 is 0 Å². The fourth-order valence-corrected chi connectivity index (χ4v) is 6.09. The smallest absolute Gasteiger partial charge is 0.328 e. The van der Waals surface area contributed by atoms with Crippen molar-refractivity contribution in [3.63, 3.8) is 0 Å². The van der Waals surface area contributed by atoms with Gasteiger partial charge in [-0.25, -0.2) is 9.78 Å². The van der Waals surface area contributed by atoms with Gasteiger partial charge < -0.3 is 24.3 Å². The molecule has 2 aromatic carbocycles. The molecule has 1 aliphatic rings. The first-order chi connectivity index (χ1) is 21.9. The highest BCUT2D eigenvalue weighted by atomic mass is 16.7. The Hall–Kier alpha value is -4.40. The molecular weight excluding hydrogens is 572 g/mol. The Labute approximate surface area is 265 Å². The van der Waals surface area contributed by atoms with Gasteiger partial charge in [0.25, 0.3) is 5.91 Å². The molecule has 240 valence electrons. The third-order valence-electron chi connectivity index (χ3n) is 8.43. The molecule has 4 unspecified atom stereocenters. The maximum atomic E-state index is 13.5. The van der Waals surface area contributed by atoms with E-state index in [1.807, 2.05) is 19.1 Å². The zero-order valence-corrected chi connectivity index (χ0v) is 26.4. The average molecular weight is 617 g/mol. The lowest BCUT2D eigenvalue weighted by Gasteiger charge is -2.31. The van der Waals surface area contributed by atoms with Gasteiger partial charge in [0.05, 0.1) is 7.11 Å². The maximum absolute atomic E-state index is 13.5. The molecule has 1 N–H and O–H groups in total. The van der Waals surface area contributed by atoms with Gasteiger partial charge in [0, 0.05) is 19.2 Å². The van der Waals surface area contributed by atoms with Gasteiger partial charge in [-0.2, -0.15) is 0 Å². The van der Waals surface area contributed by atoms with Crippen molar-refractivity contribution >= 4 is 17.8 Å². The van der Waals surface area contributed by atoms with E-state index < -0.39 is 30.7 Å². The molecule has 1 amide bonds. The largest absolute Gasteiger partial charge is 0.493 e. The minimum Gasteiger partial charge on any atom is -0.493 e. The number of aromatic nitrogens is 1. The Balaban J connectivity index is 1.48. The second-order valence-corrected chi connectivity index (χ2v) is 11.5. The van der Waals surface area contributed by atoms with Gasteiger partial charge in [0.15, 0.2) is 17.2 Å². The summed E-state index contributed by atoms with van der Waals surface area (Å²) < 4.78 is 21.8. The zero-order valence-electron chi connectivity index (χ0n) is 26.4. The quantitative estimate of drug-likeness (QED) is 0.181. The third-order valence-corrected chi connectivity index (χ3v) is 8.43. The number of nitrogens with one attached hydrogen (secondary N) is 1. The molecule has 1 fully saturated rings. The van der Waals surface area contributed by atoms with Gasteiger partial charge in [-0.1, -0.05) is 67.1 Å². The second-order valence-electron chi connectivity index (χ2n) is 11.5. The van der Waals surface area contributed by atoms with Crippen LogP contribution in [0.25, 0.3) is 0 Å². The first-order valence-corrected chi connectivity index (χ1v) is 15.7. The summed E-state index contributed by atoms with van der Waals surface area (Å²) in [6.45, 7) is 2.81. The Morgan fingerprint density at radius 2 is 1.64 bits per heavy atom. The summed E-state index contributed by atoms with van der Waals surface area (Å²) in [4.78, 5) is 42.4. The molecule has 0 saturated carbocycles. The van der Waals surface area contributed by atoms with Crippen molar-refractivity contribution in [2.75, 3.05) is 13.9 Å². The van der Waals surface area contributed by atoms with Gasteiger partial charge in [0.2, 0.25) is 6.79 Å². The lowest BCUT2D eigenvalue weighted by atomic mass is 9.78. The number of esters is 2. The Morgan fingerprint density at radius 1 is 0.956 bits per heavy atom. The van der Waals surface area contributed by atoms with Gasteiger partial charge in [-0.15, -0.1) is 0 Å². The fourth-order valence-electron chi connectivity index (χ4n) is 6.09. The van der Waals surface area contributed by atoms with Crippen LogP contribution < -0.4 is 14.8 Å². The highest BCUT2D eigenvalue weighted by Crippen LogP contribution is 2.34. The molecule has 4 rings (SSSR count). The molecule has 1 saturated heterocycles. The van der Waals surface area contributed by atoms with E-state index in [-0.39, 0.29) is 29.2 Å². The maximum Gasteiger partial charge on any atom is 0.328 e. The molecule has 0 bridgehead atoms. The Bertz CT molecular complexity index is 1380. The van der Waals surface area contributed by atoms with Gasteiger partial charge >= 0.3 is 11.9 Å². The minimum atomic E-state index is -0.855. The summed E-state index contributed by atoms with van der Waals surface area (Å²) in [6.07, 6.45) is 8.10. The monoisotopic (exact) mass is 616 g/mol. The molecule has 0 aliphatic carbocycles. The molecule has 3 aromatic rings. The van der Waals surface area contributed by atoms with E-state index in [1.165, 1.54) is 37.4 Å². The number of carbonyl (C=O) groups is 3. The SMILES string of the molecule is COc1ccnc(C(=O)NC2CCCC(CCCc3ccccc3)C(CCc3ccccc3)C(C)OC2=O)c1OCOC(C)=O. The van der Waals surface area contributed by atoms with Gasteiger partial charge in [0.1, 0.15) is 12.1 Å². The molecule has 1 aliphatic heterocycles. The van der Waals surface area contributed by atoms with Crippen LogP contribution in [0.1, 0.15) is 74.0 Å². The van der Waals surface area contributed by atoms with E-state index in [4.69, 9.17) is 18.9 Å². The van der Waals surface area contributed by atoms with Crippen molar-refractivity contribution in [2.45, 2.75) is 77.4 Å². The number of pyridine rings is 1. The van der Waals surface area contributed by atoms with Crippen LogP contribution in [0, 0.1) is 11.8 Å². The molecule has 45 heavy (non-hydrogen) atoms. The van der Waals surface area contributed by atoms with Crippen molar-refractivity contribution in [3.05, 3.63) is 89.7 Å². The molecule has 2 heterocycles. The lowest BCUT2D eigenvalue weighted by molar-refractivity contribution is -0.154. The summed E-state index contributed by atoms with van der Waals surface area (Å²) >= 11 is 0. The molecule has 0 spiro atoms. The number of carbonyl (C=O) groups excluding carboxylic acids is 3. The van der Waals surface area contributed by atoms with Crippen LogP contribution in [-0.4, -0.2) is 48.9 Å². The normalized spacial score (nSPS) is 20.1. The van der Waals surface area contributed by atoms with E-state index in [1.54, 1.807) is 0 Å². The van der Waals surface area contributed by atoms with E-state index in [0.29, 0.717) is 12.3 Å². The summed E-state index contributed by atoms with van der Waals surface area (Å²) in [5.74, 6) is -0.796. The van der Waals surface area contributed by atoms with Crippen LogP contribution in [0.3, 0.4) is 0 Å². The molecular formula is C36H44N2O7. The van der Waals surface area contributed by atoms with Crippen molar-refractivity contribution in [3.8, 4) is 11.5 Å². The van der Waals surface area contributed by atoms with Gasteiger partial charge in [-0.05, 0) is 74.8 Å².